The van der Waals surface area contributed by atoms with E-state index in [9.17, 15) is 9.59 Å². The normalized spacial score (nSPS) is 10.9. The van der Waals surface area contributed by atoms with Crippen LogP contribution in [0.5, 0.6) is 0 Å². The van der Waals surface area contributed by atoms with Crippen LogP contribution in [0.15, 0.2) is 12.2 Å². The highest BCUT2D eigenvalue weighted by Gasteiger charge is 1.97. The van der Waals surface area contributed by atoms with Crippen molar-refractivity contribution in [1.82, 2.24) is 0 Å². The van der Waals surface area contributed by atoms with Crippen LogP contribution in [0.25, 0.3) is 0 Å². The molecule has 36 heavy (non-hydrogen) atoms. The first-order valence-corrected chi connectivity index (χ1v) is 15.6. The van der Waals surface area contributed by atoms with E-state index < -0.39 is 11.9 Å². The molecule has 0 aliphatic heterocycles. The van der Waals surface area contributed by atoms with Crippen molar-refractivity contribution in [1.29, 1.82) is 0 Å². The van der Waals surface area contributed by atoms with Crippen LogP contribution in [0.1, 0.15) is 181 Å². The molecule has 0 saturated carbocycles. The van der Waals surface area contributed by atoms with E-state index in [1.54, 1.807) is 0 Å². The standard InChI is InChI=1S/C16H32O2.C16H30O2/c2*1-2-3-4-5-6-7-8-9-10-11-12-13-14-15-16(17)18/h2-15H2,1H3,(H,17,18);7-8H,2-6,9-15H2,1H3,(H,17,18). The summed E-state index contributed by atoms with van der Waals surface area (Å²) < 4.78 is 0. The van der Waals surface area contributed by atoms with E-state index in [4.69, 9.17) is 10.2 Å². The number of hydrogen-bond acceptors (Lipinski definition) is 2. The van der Waals surface area contributed by atoms with Gasteiger partial charge in [0.2, 0.25) is 0 Å². The smallest absolute Gasteiger partial charge is 0.303 e. The molecule has 0 atom stereocenters. The lowest BCUT2D eigenvalue weighted by molar-refractivity contribution is -0.138. The summed E-state index contributed by atoms with van der Waals surface area (Å²) in [6.07, 6.45) is 35.6. The second-order valence-corrected chi connectivity index (χ2v) is 10.4. The minimum absolute atomic E-state index is 0.331. The highest BCUT2D eigenvalue weighted by Crippen LogP contribution is 2.13. The Labute approximate surface area is 224 Å². The zero-order valence-electron chi connectivity index (χ0n) is 24.3. The zero-order chi connectivity index (χ0) is 27.0. The average molecular weight is 511 g/mol. The summed E-state index contributed by atoms with van der Waals surface area (Å²) in [5.41, 5.74) is 0. The van der Waals surface area contributed by atoms with Crippen molar-refractivity contribution in [2.24, 2.45) is 0 Å². The molecule has 0 radical (unpaired) electrons. The molecule has 214 valence electrons. The second-order valence-electron chi connectivity index (χ2n) is 10.4. The highest BCUT2D eigenvalue weighted by atomic mass is 16.4. The Balaban J connectivity index is 0. The van der Waals surface area contributed by atoms with Crippen LogP contribution in [0, 0.1) is 0 Å². The van der Waals surface area contributed by atoms with Gasteiger partial charge in [-0.1, -0.05) is 142 Å². The van der Waals surface area contributed by atoms with Crippen molar-refractivity contribution in [2.75, 3.05) is 0 Å². The second kappa shape index (κ2) is 33.7. The largest absolute Gasteiger partial charge is 0.481 e. The number of carbonyl (C=O) groups is 2. The fourth-order valence-corrected chi connectivity index (χ4v) is 4.29. The van der Waals surface area contributed by atoms with E-state index in [2.05, 4.69) is 26.0 Å². The molecule has 0 spiro atoms. The molecule has 0 bridgehead atoms. The first-order valence-electron chi connectivity index (χ1n) is 15.6. The van der Waals surface area contributed by atoms with Gasteiger partial charge in [0.05, 0.1) is 0 Å². The number of carboxylic acid groups (broad SMARTS) is 2. The number of unbranched alkanes of at least 4 members (excludes halogenated alkanes) is 21. The van der Waals surface area contributed by atoms with E-state index in [0.717, 1.165) is 25.7 Å². The maximum absolute atomic E-state index is 10.3. The molecule has 0 fully saturated rings. The van der Waals surface area contributed by atoms with Crippen molar-refractivity contribution in [2.45, 2.75) is 181 Å². The molecule has 0 aromatic heterocycles. The van der Waals surface area contributed by atoms with E-state index in [1.165, 1.54) is 128 Å². The molecule has 0 aliphatic rings. The predicted molar refractivity (Wildman–Crippen MR) is 156 cm³/mol. The van der Waals surface area contributed by atoms with Crippen LogP contribution in [-0.2, 0) is 9.59 Å². The Hall–Kier alpha value is -1.32. The van der Waals surface area contributed by atoms with Gasteiger partial charge in [0.1, 0.15) is 0 Å². The Kier molecular flexibility index (Phi) is 34.5. The fraction of sp³-hybridized carbons (Fsp3) is 0.875. The van der Waals surface area contributed by atoms with Crippen LogP contribution in [0.3, 0.4) is 0 Å². The summed E-state index contributed by atoms with van der Waals surface area (Å²) in [6, 6.07) is 0. The summed E-state index contributed by atoms with van der Waals surface area (Å²) in [5.74, 6) is -1.32. The van der Waals surface area contributed by atoms with Crippen molar-refractivity contribution in [3.05, 3.63) is 12.2 Å². The van der Waals surface area contributed by atoms with Crippen LogP contribution in [0.2, 0.25) is 0 Å². The molecule has 0 aliphatic carbocycles. The Morgan fingerprint density at radius 3 is 0.972 bits per heavy atom. The van der Waals surface area contributed by atoms with Crippen molar-refractivity contribution in [3.8, 4) is 0 Å². The lowest BCUT2D eigenvalue weighted by Gasteiger charge is -2.02. The van der Waals surface area contributed by atoms with Crippen molar-refractivity contribution in [3.63, 3.8) is 0 Å². The topological polar surface area (TPSA) is 74.6 Å². The highest BCUT2D eigenvalue weighted by molar-refractivity contribution is 5.66. The number of hydrogen-bond donors (Lipinski definition) is 2. The van der Waals surface area contributed by atoms with Gasteiger partial charge in [0.25, 0.3) is 0 Å². The fourth-order valence-electron chi connectivity index (χ4n) is 4.29. The summed E-state index contributed by atoms with van der Waals surface area (Å²) in [6.45, 7) is 4.50. The van der Waals surface area contributed by atoms with E-state index in [-0.39, 0.29) is 0 Å². The summed E-state index contributed by atoms with van der Waals surface area (Å²) in [4.78, 5) is 20.6. The van der Waals surface area contributed by atoms with Gasteiger partial charge in [-0.05, 0) is 38.5 Å². The number of carboxylic acids is 2. The predicted octanol–water partition coefficient (Wildman–Crippen LogP) is 10.9. The van der Waals surface area contributed by atoms with Gasteiger partial charge in [-0.25, -0.2) is 0 Å². The molecule has 2 N–H and O–H groups in total. The van der Waals surface area contributed by atoms with Gasteiger partial charge in [-0.3, -0.25) is 9.59 Å². The van der Waals surface area contributed by atoms with Gasteiger partial charge < -0.3 is 10.2 Å². The van der Waals surface area contributed by atoms with Crippen LogP contribution in [0.4, 0.5) is 0 Å². The summed E-state index contributed by atoms with van der Waals surface area (Å²) in [5, 5.41) is 17.0. The van der Waals surface area contributed by atoms with Crippen molar-refractivity contribution >= 4 is 11.9 Å². The zero-order valence-corrected chi connectivity index (χ0v) is 24.3. The third-order valence-corrected chi connectivity index (χ3v) is 6.65. The molecule has 0 unspecified atom stereocenters. The number of allylic oxidation sites excluding steroid dienone is 2. The van der Waals surface area contributed by atoms with E-state index in [1.807, 2.05) is 0 Å². The van der Waals surface area contributed by atoms with Crippen LogP contribution < -0.4 is 0 Å². The lowest BCUT2D eigenvalue weighted by Crippen LogP contribution is -1.93. The molecule has 0 aromatic carbocycles. The third kappa shape index (κ3) is 39.9. The van der Waals surface area contributed by atoms with Gasteiger partial charge in [-0.15, -0.1) is 0 Å². The Bertz CT molecular complexity index is 473. The minimum atomic E-state index is -0.666. The molecule has 4 heteroatoms. The Morgan fingerprint density at radius 2 is 0.667 bits per heavy atom. The molecule has 0 saturated heterocycles. The van der Waals surface area contributed by atoms with Crippen LogP contribution in [-0.4, -0.2) is 22.2 Å². The molecule has 0 heterocycles. The Morgan fingerprint density at radius 1 is 0.417 bits per heavy atom. The molecule has 0 rings (SSSR count). The van der Waals surface area contributed by atoms with Gasteiger partial charge in [0, 0.05) is 12.8 Å². The lowest BCUT2D eigenvalue weighted by atomic mass is 10.0. The monoisotopic (exact) mass is 510 g/mol. The number of rotatable bonds is 27. The van der Waals surface area contributed by atoms with Gasteiger partial charge in [0.15, 0.2) is 0 Å². The van der Waals surface area contributed by atoms with E-state index in [0.29, 0.717) is 12.8 Å². The first kappa shape index (κ1) is 36.8. The first-order chi connectivity index (χ1) is 17.5. The number of aliphatic carboxylic acids is 2. The minimum Gasteiger partial charge on any atom is -0.481 e. The maximum Gasteiger partial charge on any atom is 0.303 e. The molecular weight excluding hydrogens is 448 g/mol. The molecule has 4 nitrogen and oxygen atoms in total. The van der Waals surface area contributed by atoms with Crippen LogP contribution >= 0.6 is 0 Å². The van der Waals surface area contributed by atoms with Gasteiger partial charge in [-0.2, -0.15) is 0 Å². The van der Waals surface area contributed by atoms with Crippen molar-refractivity contribution < 1.29 is 19.8 Å². The van der Waals surface area contributed by atoms with Gasteiger partial charge >= 0.3 is 11.9 Å². The quantitative estimate of drug-likeness (QED) is 0.0851. The molecule has 0 amide bonds. The SMILES string of the molecule is CCCCCCC=CCCCCCCCC(=O)O.CCCCCCCCCCCCCCCC(=O)O. The maximum atomic E-state index is 10.3. The average Bonchev–Trinajstić information content (AvgIpc) is 2.85. The van der Waals surface area contributed by atoms with E-state index >= 15 is 0 Å². The summed E-state index contributed by atoms with van der Waals surface area (Å²) in [7, 11) is 0. The molecular formula is C32H62O4. The molecule has 0 aromatic rings. The summed E-state index contributed by atoms with van der Waals surface area (Å²) >= 11 is 0. The third-order valence-electron chi connectivity index (χ3n) is 6.65.